The molecule has 1 aliphatic rings. The van der Waals surface area contributed by atoms with Crippen LogP contribution >= 0.6 is 0 Å². The lowest BCUT2D eigenvalue weighted by atomic mass is 9.99. The number of rotatable bonds is 2. The van der Waals surface area contributed by atoms with Gasteiger partial charge in [0.25, 0.3) is 0 Å². The number of halogens is 1. The fourth-order valence-electron chi connectivity index (χ4n) is 2.08. The Kier molecular flexibility index (Phi) is 2.57. The molecule has 2 heteroatoms. The molecule has 0 amide bonds. The minimum atomic E-state index is -0.379. The zero-order valence-corrected chi connectivity index (χ0v) is 7.67. The summed E-state index contributed by atoms with van der Waals surface area (Å²) in [6, 6.07) is 3.30. The Hall–Kier alpha value is -0.920. The summed E-state index contributed by atoms with van der Waals surface area (Å²) in [5, 5.41) is 0. The Morgan fingerprint density at radius 1 is 1.31 bits per heavy atom. The third kappa shape index (κ3) is 2.27. The maximum Gasteiger partial charge on any atom is 0.212 e. The van der Waals surface area contributed by atoms with Gasteiger partial charge in [0.15, 0.2) is 0 Å². The lowest BCUT2D eigenvalue weighted by molar-refractivity contribution is 0.540. The molecule has 1 fully saturated rings. The van der Waals surface area contributed by atoms with Crippen molar-refractivity contribution in [3.05, 3.63) is 29.8 Å². The van der Waals surface area contributed by atoms with E-state index in [1.54, 1.807) is 6.20 Å². The maximum atomic E-state index is 12.5. The molecule has 70 valence electrons. The van der Waals surface area contributed by atoms with Crippen molar-refractivity contribution in [1.82, 2.24) is 4.98 Å². The molecule has 0 aromatic carbocycles. The van der Waals surface area contributed by atoms with Gasteiger partial charge in [0.2, 0.25) is 5.95 Å². The quantitative estimate of drug-likeness (QED) is 0.636. The maximum absolute atomic E-state index is 12.5. The summed E-state index contributed by atoms with van der Waals surface area (Å²) < 4.78 is 12.5. The molecule has 0 unspecified atom stereocenters. The van der Waals surface area contributed by atoms with E-state index in [-0.39, 0.29) is 5.95 Å². The third-order valence-corrected chi connectivity index (χ3v) is 2.79. The SMILES string of the molecule is Fc1ccc(CC2CCCC2)cn1. The Morgan fingerprint density at radius 2 is 2.08 bits per heavy atom. The van der Waals surface area contributed by atoms with Gasteiger partial charge in [-0.3, -0.25) is 0 Å². The van der Waals surface area contributed by atoms with Crippen molar-refractivity contribution < 1.29 is 4.39 Å². The van der Waals surface area contributed by atoms with Crippen LogP contribution in [0.25, 0.3) is 0 Å². The summed E-state index contributed by atoms with van der Waals surface area (Å²) in [6.45, 7) is 0. The zero-order valence-electron chi connectivity index (χ0n) is 7.67. The Bertz CT molecular complexity index is 262. The van der Waals surface area contributed by atoms with E-state index in [0.717, 1.165) is 12.3 Å². The van der Waals surface area contributed by atoms with Gasteiger partial charge in [-0.15, -0.1) is 0 Å². The standard InChI is InChI=1S/C11H14FN/c12-11-6-5-10(8-13-11)7-9-3-1-2-4-9/h5-6,8-9H,1-4,7H2. The molecule has 0 atom stereocenters. The van der Waals surface area contributed by atoms with Crippen LogP contribution in [0.3, 0.4) is 0 Å². The lowest BCUT2D eigenvalue weighted by Crippen LogP contribution is -1.99. The van der Waals surface area contributed by atoms with Gasteiger partial charge in [-0.05, 0) is 24.0 Å². The van der Waals surface area contributed by atoms with Gasteiger partial charge < -0.3 is 0 Å². The molecule has 1 saturated carbocycles. The van der Waals surface area contributed by atoms with Gasteiger partial charge >= 0.3 is 0 Å². The number of aromatic nitrogens is 1. The second kappa shape index (κ2) is 3.86. The number of hydrogen-bond donors (Lipinski definition) is 0. The van der Waals surface area contributed by atoms with Crippen LogP contribution < -0.4 is 0 Å². The fourth-order valence-corrected chi connectivity index (χ4v) is 2.08. The molecule has 13 heavy (non-hydrogen) atoms. The van der Waals surface area contributed by atoms with Crippen LogP contribution in [0.4, 0.5) is 4.39 Å². The van der Waals surface area contributed by atoms with Crippen LogP contribution in [-0.4, -0.2) is 4.98 Å². The van der Waals surface area contributed by atoms with Gasteiger partial charge in [0.05, 0.1) is 0 Å². The first-order valence-corrected chi connectivity index (χ1v) is 4.95. The molecular weight excluding hydrogens is 165 g/mol. The van der Waals surface area contributed by atoms with Crippen LogP contribution in [0.15, 0.2) is 18.3 Å². The van der Waals surface area contributed by atoms with E-state index in [1.165, 1.54) is 37.3 Å². The summed E-state index contributed by atoms with van der Waals surface area (Å²) in [5.41, 5.74) is 1.17. The molecule has 2 rings (SSSR count). The van der Waals surface area contributed by atoms with E-state index in [2.05, 4.69) is 4.98 Å². The van der Waals surface area contributed by atoms with E-state index in [1.807, 2.05) is 6.07 Å². The topological polar surface area (TPSA) is 12.9 Å². The highest BCUT2D eigenvalue weighted by atomic mass is 19.1. The zero-order chi connectivity index (χ0) is 9.10. The van der Waals surface area contributed by atoms with Gasteiger partial charge in [-0.1, -0.05) is 31.7 Å². The van der Waals surface area contributed by atoms with Crippen molar-refractivity contribution in [3.8, 4) is 0 Å². The minimum absolute atomic E-state index is 0.379. The predicted molar refractivity (Wildman–Crippen MR) is 49.9 cm³/mol. The summed E-state index contributed by atoms with van der Waals surface area (Å²) in [5.74, 6) is 0.433. The molecule has 0 saturated heterocycles. The summed E-state index contributed by atoms with van der Waals surface area (Å²) >= 11 is 0. The summed E-state index contributed by atoms with van der Waals surface area (Å²) in [4.78, 5) is 3.65. The third-order valence-electron chi connectivity index (χ3n) is 2.79. The largest absolute Gasteiger partial charge is 0.228 e. The number of pyridine rings is 1. The molecule has 1 aliphatic carbocycles. The van der Waals surface area contributed by atoms with Crippen molar-refractivity contribution >= 4 is 0 Å². The molecule has 1 heterocycles. The normalized spacial score (nSPS) is 17.9. The van der Waals surface area contributed by atoms with E-state index < -0.39 is 0 Å². The fraction of sp³-hybridized carbons (Fsp3) is 0.545. The molecular formula is C11H14FN. The second-order valence-corrected chi connectivity index (χ2v) is 3.84. The van der Waals surface area contributed by atoms with Gasteiger partial charge in [0, 0.05) is 6.20 Å². The summed E-state index contributed by atoms with van der Waals surface area (Å²) in [6.07, 6.45) is 8.12. The Morgan fingerprint density at radius 3 is 2.69 bits per heavy atom. The predicted octanol–water partition coefficient (Wildman–Crippen LogP) is 2.95. The van der Waals surface area contributed by atoms with Gasteiger partial charge in [-0.25, -0.2) is 4.98 Å². The van der Waals surface area contributed by atoms with Crippen molar-refractivity contribution in [2.75, 3.05) is 0 Å². The van der Waals surface area contributed by atoms with E-state index in [9.17, 15) is 4.39 Å². The van der Waals surface area contributed by atoms with Crippen molar-refractivity contribution in [3.63, 3.8) is 0 Å². The van der Waals surface area contributed by atoms with E-state index in [4.69, 9.17) is 0 Å². The Balaban J connectivity index is 1.97. The molecule has 1 aromatic rings. The Labute approximate surface area is 78.0 Å². The highest BCUT2D eigenvalue weighted by molar-refractivity contribution is 5.10. The van der Waals surface area contributed by atoms with Crippen molar-refractivity contribution in [2.24, 2.45) is 5.92 Å². The van der Waals surface area contributed by atoms with E-state index in [0.29, 0.717) is 0 Å². The first-order valence-electron chi connectivity index (χ1n) is 4.95. The molecule has 1 nitrogen and oxygen atoms in total. The smallest absolute Gasteiger partial charge is 0.212 e. The van der Waals surface area contributed by atoms with Gasteiger partial charge in [0.1, 0.15) is 0 Å². The van der Waals surface area contributed by atoms with Crippen LogP contribution in [0.5, 0.6) is 0 Å². The minimum Gasteiger partial charge on any atom is -0.228 e. The second-order valence-electron chi connectivity index (χ2n) is 3.84. The highest BCUT2D eigenvalue weighted by Gasteiger charge is 2.15. The number of nitrogens with zero attached hydrogens (tertiary/aromatic N) is 1. The first-order chi connectivity index (χ1) is 6.34. The molecule has 0 radical (unpaired) electrons. The van der Waals surface area contributed by atoms with Crippen LogP contribution in [-0.2, 0) is 6.42 Å². The lowest BCUT2D eigenvalue weighted by Gasteiger charge is -2.07. The molecule has 1 aromatic heterocycles. The monoisotopic (exact) mass is 179 g/mol. The van der Waals surface area contributed by atoms with Crippen LogP contribution in [0.2, 0.25) is 0 Å². The summed E-state index contributed by atoms with van der Waals surface area (Å²) in [7, 11) is 0. The van der Waals surface area contributed by atoms with Gasteiger partial charge in [-0.2, -0.15) is 4.39 Å². The van der Waals surface area contributed by atoms with Crippen molar-refractivity contribution in [1.29, 1.82) is 0 Å². The van der Waals surface area contributed by atoms with E-state index >= 15 is 0 Å². The molecule has 0 spiro atoms. The average molecular weight is 179 g/mol. The first kappa shape index (κ1) is 8.67. The molecule has 0 N–H and O–H groups in total. The number of hydrogen-bond acceptors (Lipinski definition) is 1. The highest BCUT2D eigenvalue weighted by Crippen LogP contribution is 2.27. The molecule has 0 bridgehead atoms. The average Bonchev–Trinajstić information content (AvgIpc) is 2.62. The molecule has 0 aliphatic heterocycles. The van der Waals surface area contributed by atoms with Crippen LogP contribution in [0.1, 0.15) is 31.2 Å². The van der Waals surface area contributed by atoms with Crippen LogP contribution in [0, 0.1) is 11.9 Å². The van der Waals surface area contributed by atoms with Crippen molar-refractivity contribution in [2.45, 2.75) is 32.1 Å².